The molecule has 0 aliphatic carbocycles. The fourth-order valence-corrected chi connectivity index (χ4v) is 1.97. The van der Waals surface area contributed by atoms with E-state index in [1.165, 1.54) is 6.07 Å². The Morgan fingerprint density at radius 1 is 1.35 bits per heavy atom. The summed E-state index contributed by atoms with van der Waals surface area (Å²) in [6.07, 6.45) is -4.46. The molecule has 1 heterocycles. The van der Waals surface area contributed by atoms with Gasteiger partial charge in [0.2, 0.25) is 0 Å². The molecule has 0 saturated heterocycles. The third-order valence-electron chi connectivity index (χ3n) is 1.89. The van der Waals surface area contributed by atoms with Gasteiger partial charge in [-0.2, -0.15) is 13.2 Å². The smallest absolute Gasteiger partial charge is 0.542 e. The molecule has 1 aromatic carbocycles. The van der Waals surface area contributed by atoms with Crippen LogP contribution in [0.4, 0.5) is 13.2 Å². The van der Waals surface area contributed by atoms with Gasteiger partial charge in [-0.3, -0.25) is 0 Å². The Balaban J connectivity index is 0.00000144. The molecule has 0 radical (unpaired) electrons. The number of carbonyl (C=O) groups is 1. The average molecular weight is 269 g/mol. The van der Waals surface area contributed by atoms with Crippen molar-refractivity contribution in [3.63, 3.8) is 0 Å². The van der Waals surface area contributed by atoms with Crippen molar-refractivity contribution in [2.75, 3.05) is 0 Å². The molecule has 2 rings (SSSR count). The third kappa shape index (κ3) is 2.98. The van der Waals surface area contributed by atoms with Gasteiger partial charge in [0.1, 0.15) is 11.0 Å². The SMILES string of the molecule is O=C([O-])c1nc2cc(C(F)(F)F)ccc2s1.[Na+]. The van der Waals surface area contributed by atoms with Crippen molar-refractivity contribution in [3.8, 4) is 0 Å². The van der Waals surface area contributed by atoms with E-state index in [-0.39, 0.29) is 40.1 Å². The predicted octanol–water partition coefficient (Wildman–Crippen LogP) is -1.32. The summed E-state index contributed by atoms with van der Waals surface area (Å²) in [6.45, 7) is 0. The molecular formula is C9H3F3NNaO2S. The van der Waals surface area contributed by atoms with Crippen LogP contribution in [0.1, 0.15) is 15.4 Å². The maximum atomic E-state index is 12.3. The first-order chi connectivity index (χ1) is 7.38. The number of fused-ring (bicyclic) bond motifs is 1. The van der Waals surface area contributed by atoms with Crippen molar-refractivity contribution < 1.29 is 52.6 Å². The zero-order chi connectivity index (χ0) is 11.9. The molecule has 0 saturated carbocycles. The van der Waals surface area contributed by atoms with Crippen LogP contribution in [-0.2, 0) is 6.18 Å². The summed E-state index contributed by atoms with van der Waals surface area (Å²) in [5, 5.41) is 10.1. The van der Waals surface area contributed by atoms with Crippen molar-refractivity contribution in [2.45, 2.75) is 6.18 Å². The number of benzene rings is 1. The molecule has 1 aromatic heterocycles. The van der Waals surface area contributed by atoms with E-state index in [0.29, 0.717) is 4.70 Å². The number of alkyl halides is 3. The Bertz CT molecular complexity index is 567. The van der Waals surface area contributed by atoms with E-state index in [1.54, 1.807) is 0 Å². The number of halogens is 3. The van der Waals surface area contributed by atoms with E-state index < -0.39 is 17.7 Å². The van der Waals surface area contributed by atoms with Crippen molar-refractivity contribution in [2.24, 2.45) is 0 Å². The second kappa shape index (κ2) is 4.93. The van der Waals surface area contributed by atoms with Crippen molar-refractivity contribution in [1.82, 2.24) is 4.98 Å². The summed E-state index contributed by atoms with van der Waals surface area (Å²) in [5.74, 6) is -1.49. The van der Waals surface area contributed by atoms with Crippen LogP contribution in [0.3, 0.4) is 0 Å². The Hall–Kier alpha value is -0.630. The number of hydrogen-bond donors (Lipinski definition) is 0. The molecule has 8 heteroatoms. The molecule has 0 unspecified atom stereocenters. The molecule has 0 bridgehead atoms. The van der Waals surface area contributed by atoms with E-state index in [9.17, 15) is 23.1 Å². The number of nitrogens with zero attached hydrogens (tertiary/aromatic N) is 1. The number of carboxylic acid groups (broad SMARTS) is 1. The van der Waals surface area contributed by atoms with E-state index in [0.717, 1.165) is 23.5 Å². The second-order valence-electron chi connectivity index (χ2n) is 2.99. The largest absolute Gasteiger partial charge is 1.00 e. The zero-order valence-electron chi connectivity index (χ0n) is 8.54. The van der Waals surface area contributed by atoms with Gasteiger partial charge in [-0.05, 0) is 18.2 Å². The van der Waals surface area contributed by atoms with Crippen LogP contribution in [0.5, 0.6) is 0 Å². The Morgan fingerprint density at radius 2 is 2.00 bits per heavy atom. The number of thiazole rings is 1. The van der Waals surface area contributed by atoms with Crippen LogP contribution >= 0.6 is 11.3 Å². The van der Waals surface area contributed by atoms with E-state index in [4.69, 9.17) is 0 Å². The van der Waals surface area contributed by atoms with Crippen molar-refractivity contribution in [1.29, 1.82) is 0 Å². The van der Waals surface area contributed by atoms with Crippen LogP contribution in [0.2, 0.25) is 0 Å². The van der Waals surface area contributed by atoms with Crippen molar-refractivity contribution >= 4 is 27.5 Å². The molecule has 0 aliphatic rings. The monoisotopic (exact) mass is 269 g/mol. The molecule has 0 aliphatic heterocycles. The summed E-state index contributed by atoms with van der Waals surface area (Å²) in [5.41, 5.74) is -0.839. The minimum atomic E-state index is -4.46. The van der Waals surface area contributed by atoms with Gasteiger partial charge in [-0.15, -0.1) is 11.3 Å². The average Bonchev–Trinajstić information content (AvgIpc) is 2.58. The van der Waals surface area contributed by atoms with Gasteiger partial charge in [-0.25, -0.2) is 4.98 Å². The van der Waals surface area contributed by atoms with Crippen LogP contribution in [0.25, 0.3) is 10.2 Å². The fraction of sp³-hybridized carbons (Fsp3) is 0.111. The molecule has 84 valence electrons. The van der Waals surface area contributed by atoms with Gasteiger partial charge in [0, 0.05) is 0 Å². The van der Waals surface area contributed by atoms with Gasteiger partial charge >= 0.3 is 35.7 Å². The molecule has 0 N–H and O–H groups in total. The number of aromatic carboxylic acids is 1. The van der Waals surface area contributed by atoms with Gasteiger partial charge in [0.05, 0.1) is 15.8 Å². The Morgan fingerprint density at radius 3 is 2.53 bits per heavy atom. The third-order valence-corrected chi connectivity index (χ3v) is 2.91. The second-order valence-corrected chi connectivity index (χ2v) is 4.02. The molecule has 0 fully saturated rings. The minimum absolute atomic E-state index is 0. The van der Waals surface area contributed by atoms with Crippen LogP contribution in [-0.4, -0.2) is 11.0 Å². The topological polar surface area (TPSA) is 53.0 Å². The number of carboxylic acids is 1. The Kier molecular flexibility index (Phi) is 4.19. The summed E-state index contributed by atoms with van der Waals surface area (Å²) >= 11 is 0.784. The number of hydrogen-bond acceptors (Lipinski definition) is 4. The maximum Gasteiger partial charge on any atom is 1.00 e. The maximum absolute atomic E-state index is 12.3. The van der Waals surface area contributed by atoms with Gasteiger partial charge < -0.3 is 9.90 Å². The van der Waals surface area contributed by atoms with E-state index in [2.05, 4.69) is 4.98 Å². The molecule has 17 heavy (non-hydrogen) atoms. The molecular weight excluding hydrogens is 266 g/mol. The first-order valence-electron chi connectivity index (χ1n) is 4.07. The van der Waals surface area contributed by atoms with Crippen molar-refractivity contribution in [3.05, 3.63) is 28.8 Å². The first-order valence-corrected chi connectivity index (χ1v) is 4.89. The van der Waals surface area contributed by atoms with E-state index >= 15 is 0 Å². The molecule has 3 nitrogen and oxygen atoms in total. The summed E-state index contributed by atoms with van der Waals surface area (Å²) in [4.78, 5) is 14.0. The van der Waals surface area contributed by atoms with Gasteiger partial charge in [0.25, 0.3) is 0 Å². The number of carbonyl (C=O) groups excluding carboxylic acids is 1. The molecule has 2 aromatic rings. The van der Waals surface area contributed by atoms with Crippen LogP contribution < -0.4 is 34.7 Å². The van der Waals surface area contributed by atoms with Gasteiger partial charge in [-0.1, -0.05) is 0 Å². The predicted molar refractivity (Wildman–Crippen MR) is 49.0 cm³/mol. The fourth-order valence-electron chi connectivity index (χ4n) is 1.19. The number of rotatable bonds is 1. The quantitative estimate of drug-likeness (QED) is 0.604. The van der Waals surface area contributed by atoms with Crippen LogP contribution in [0.15, 0.2) is 18.2 Å². The molecule has 0 amide bonds. The molecule has 0 atom stereocenters. The zero-order valence-corrected chi connectivity index (χ0v) is 11.4. The van der Waals surface area contributed by atoms with Gasteiger partial charge in [0.15, 0.2) is 0 Å². The Labute approximate surface area is 120 Å². The first kappa shape index (κ1) is 14.4. The normalized spacial score (nSPS) is 11.2. The number of aromatic nitrogens is 1. The summed E-state index contributed by atoms with van der Waals surface area (Å²) in [7, 11) is 0. The standard InChI is InChI=1S/C9H4F3NO2S.Na/c10-9(11,12)4-1-2-6-5(3-4)13-7(16-6)8(14)15;/h1-3H,(H,14,15);/q;+1/p-1. The van der Waals surface area contributed by atoms with E-state index in [1.807, 2.05) is 0 Å². The van der Waals surface area contributed by atoms with Crippen LogP contribution in [0, 0.1) is 0 Å². The summed E-state index contributed by atoms with van der Waals surface area (Å²) in [6, 6.07) is 2.90. The summed E-state index contributed by atoms with van der Waals surface area (Å²) < 4.78 is 37.4. The minimum Gasteiger partial charge on any atom is -0.542 e. The molecule has 0 spiro atoms.